The summed E-state index contributed by atoms with van der Waals surface area (Å²) in [6.07, 6.45) is 9.68. The van der Waals surface area contributed by atoms with Gasteiger partial charge in [-0.1, -0.05) is 0 Å². The van der Waals surface area contributed by atoms with E-state index in [1.165, 1.54) is 34.1 Å². The Morgan fingerprint density at radius 3 is 3.00 bits per heavy atom. The lowest BCUT2D eigenvalue weighted by Gasteiger charge is -2.05. The van der Waals surface area contributed by atoms with Crippen molar-refractivity contribution < 1.29 is 0 Å². The Bertz CT molecular complexity index is 855. The van der Waals surface area contributed by atoms with Gasteiger partial charge < -0.3 is 9.88 Å². The van der Waals surface area contributed by atoms with E-state index >= 15 is 0 Å². The van der Waals surface area contributed by atoms with Crippen molar-refractivity contribution in [1.29, 1.82) is 0 Å². The molecule has 1 N–H and O–H groups in total. The Kier molecular flexibility index (Phi) is 6.57. The molecule has 0 spiro atoms. The average molecular weight is 427 g/mol. The van der Waals surface area contributed by atoms with Crippen molar-refractivity contribution in [3.05, 3.63) is 39.7 Å². The molecule has 0 fully saturated rings. The molecule has 2 aliphatic rings. The van der Waals surface area contributed by atoms with Gasteiger partial charge in [0.2, 0.25) is 0 Å². The molecule has 3 aromatic heterocycles. The normalized spacial score (nSPS) is 15.4. The summed E-state index contributed by atoms with van der Waals surface area (Å²) in [5, 5.41) is 9.50. The highest BCUT2D eigenvalue weighted by molar-refractivity contribution is 7.11. The highest BCUT2D eigenvalue weighted by Gasteiger charge is 2.18. The molecule has 4 heterocycles. The van der Waals surface area contributed by atoms with Crippen molar-refractivity contribution in [2.75, 3.05) is 6.54 Å². The van der Waals surface area contributed by atoms with Crippen LogP contribution < -0.4 is 5.32 Å². The molecule has 0 atom stereocenters. The lowest BCUT2D eigenvalue weighted by molar-refractivity contribution is 0.587. The lowest BCUT2D eigenvalue weighted by atomic mass is 10.3. The molecule has 0 bridgehead atoms. The summed E-state index contributed by atoms with van der Waals surface area (Å²) >= 11 is 1.90. The zero-order valence-corrected chi connectivity index (χ0v) is 17.5. The van der Waals surface area contributed by atoms with E-state index in [1.54, 1.807) is 0 Å². The van der Waals surface area contributed by atoms with Crippen LogP contribution in [0.4, 0.5) is 0 Å². The van der Waals surface area contributed by atoms with Gasteiger partial charge in [-0.2, -0.15) is 5.10 Å². The highest BCUT2D eigenvalue weighted by Crippen LogP contribution is 2.28. The Morgan fingerprint density at radius 1 is 1.19 bits per heavy atom. The van der Waals surface area contributed by atoms with Crippen molar-refractivity contribution in [2.45, 2.75) is 51.7 Å². The van der Waals surface area contributed by atoms with Crippen LogP contribution in [0.5, 0.6) is 0 Å². The second-order valence-corrected chi connectivity index (χ2v) is 7.97. The molecule has 146 valence electrons. The van der Waals surface area contributed by atoms with Crippen molar-refractivity contribution in [1.82, 2.24) is 29.6 Å². The molecular formula is C18H24Cl2N6S. The molecule has 6 nitrogen and oxygen atoms in total. The number of nitrogens with zero attached hydrogens (tertiary/aromatic N) is 5. The molecule has 0 saturated carbocycles. The largest absolute Gasteiger partial charge is 0.329 e. The molecule has 27 heavy (non-hydrogen) atoms. The maximum Gasteiger partial charge on any atom is 0.160 e. The zero-order chi connectivity index (χ0) is 16.6. The monoisotopic (exact) mass is 426 g/mol. The second-order valence-electron chi connectivity index (χ2n) is 6.80. The first-order valence-corrected chi connectivity index (χ1v) is 9.95. The quantitative estimate of drug-likeness (QED) is 0.695. The summed E-state index contributed by atoms with van der Waals surface area (Å²) in [6.45, 7) is 3.83. The molecule has 0 aromatic carbocycles. The van der Waals surface area contributed by atoms with E-state index in [0.29, 0.717) is 0 Å². The van der Waals surface area contributed by atoms with E-state index < -0.39 is 0 Å². The number of nitrogens with one attached hydrogen (secondary N) is 1. The van der Waals surface area contributed by atoms with E-state index in [9.17, 15) is 0 Å². The van der Waals surface area contributed by atoms with Crippen LogP contribution in [0.15, 0.2) is 18.5 Å². The maximum absolute atomic E-state index is 4.81. The van der Waals surface area contributed by atoms with Gasteiger partial charge in [0.15, 0.2) is 5.82 Å². The predicted molar refractivity (Wildman–Crippen MR) is 112 cm³/mol. The number of fused-ring (bicyclic) bond motifs is 2. The molecule has 3 aromatic rings. The predicted octanol–water partition coefficient (Wildman–Crippen LogP) is 3.27. The Balaban J connectivity index is 0.00000105. The van der Waals surface area contributed by atoms with Gasteiger partial charge in [-0.15, -0.1) is 36.2 Å². The van der Waals surface area contributed by atoms with Gasteiger partial charge in [-0.25, -0.2) is 9.97 Å². The number of halogens is 2. The van der Waals surface area contributed by atoms with Crippen molar-refractivity contribution in [3.63, 3.8) is 0 Å². The summed E-state index contributed by atoms with van der Waals surface area (Å²) in [6, 6.07) is 2.18. The minimum Gasteiger partial charge on any atom is -0.329 e. The molecule has 1 aliphatic heterocycles. The third-order valence-corrected chi connectivity index (χ3v) is 6.26. The van der Waals surface area contributed by atoms with E-state index in [4.69, 9.17) is 10.1 Å². The fraction of sp³-hybridized carbons (Fsp3) is 0.500. The van der Waals surface area contributed by atoms with E-state index in [2.05, 4.69) is 31.8 Å². The first-order valence-electron chi connectivity index (χ1n) is 9.13. The fourth-order valence-corrected chi connectivity index (χ4v) is 4.91. The number of hydrogen-bond acceptors (Lipinski definition) is 5. The van der Waals surface area contributed by atoms with Crippen molar-refractivity contribution >= 4 is 36.2 Å². The van der Waals surface area contributed by atoms with Crippen LogP contribution in [0.3, 0.4) is 0 Å². The second kappa shape index (κ2) is 8.73. The minimum absolute atomic E-state index is 0. The van der Waals surface area contributed by atoms with Crippen LogP contribution in [0.2, 0.25) is 0 Å². The molecule has 9 heteroatoms. The summed E-state index contributed by atoms with van der Waals surface area (Å²) in [5.74, 6) is 0.963. The first kappa shape index (κ1) is 20.3. The third kappa shape index (κ3) is 4.06. The molecule has 0 amide bonds. The van der Waals surface area contributed by atoms with E-state index in [-0.39, 0.29) is 24.8 Å². The number of hydrogen-bond donors (Lipinski definition) is 1. The summed E-state index contributed by atoms with van der Waals surface area (Å²) in [7, 11) is 0. The topological polar surface area (TPSA) is 60.6 Å². The van der Waals surface area contributed by atoms with Gasteiger partial charge in [-0.3, -0.25) is 4.68 Å². The summed E-state index contributed by atoms with van der Waals surface area (Å²) in [5.41, 5.74) is 3.57. The number of aryl methyl sites for hydroxylation is 5. The molecule has 0 radical (unpaired) electrons. The van der Waals surface area contributed by atoms with Crippen LogP contribution in [0, 0.1) is 0 Å². The Morgan fingerprint density at radius 2 is 2.11 bits per heavy atom. The third-order valence-electron chi connectivity index (χ3n) is 5.04. The zero-order valence-electron chi connectivity index (χ0n) is 15.1. The van der Waals surface area contributed by atoms with E-state index in [0.717, 1.165) is 57.0 Å². The fourth-order valence-electron chi connectivity index (χ4n) is 3.76. The lowest BCUT2D eigenvalue weighted by Crippen LogP contribution is -2.11. The van der Waals surface area contributed by atoms with Gasteiger partial charge in [0.05, 0.1) is 16.4 Å². The van der Waals surface area contributed by atoms with Crippen LogP contribution in [-0.2, 0) is 38.9 Å². The van der Waals surface area contributed by atoms with Crippen LogP contribution in [-0.4, -0.2) is 30.9 Å². The molecule has 1 aliphatic carbocycles. The Hall–Kier alpha value is -1.41. The molecule has 0 unspecified atom stereocenters. The van der Waals surface area contributed by atoms with Gasteiger partial charge in [0.1, 0.15) is 5.69 Å². The number of imidazole rings is 1. The Labute approximate surface area is 175 Å². The smallest absolute Gasteiger partial charge is 0.160 e. The average Bonchev–Trinajstić information content (AvgIpc) is 3.34. The minimum atomic E-state index is 0. The first-order chi connectivity index (χ1) is 12.4. The number of rotatable bonds is 4. The summed E-state index contributed by atoms with van der Waals surface area (Å²) in [4.78, 5) is 10.9. The number of aromatic nitrogens is 5. The standard InChI is InChI=1S/C18H22N6S.2ClH/c1-3-14-16(4-1)25-17(21-14)5-9-23-10-7-20-18(23)15-11-13-12-19-6-2-8-24(13)22-15;;/h7,10-11,19H,1-6,8-9,12H2;2*1H. The SMILES string of the molecule is Cl.Cl.c1cn(CCc2nc3c(s2)CCC3)c(-c2cc3n(n2)CCCNC3)n1. The maximum atomic E-state index is 4.81. The molecule has 0 saturated heterocycles. The van der Waals surface area contributed by atoms with Crippen LogP contribution in [0.25, 0.3) is 11.5 Å². The van der Waals surface area contributed by atoms with Gasteiger partial charge in [-0.05, 0) is 38.3 Å². The van der Waals surface area contributed by atoms with E-state index in [1.807, 2.05) is 17.5 Å². The highest BCUT2D eigenvalue weighted by atomic mass is 35.5. The molecular weight excluding hydrogens is 403 g/mol. The van der Waals surface area contributed by atoms with Crippen molar-refractivity contribution in [3.8, 4) is 11.5 Å². The number of thiazole rings is 1. The van der Waals surface area contributed by atoms with Crippen molar-refractivity contribution in [2.24, 2.45) is 0 Å². The van der Waals surface area contributed by atoms with Crippen LogP contribution >= 0.6 is 36.2 Å². The molecule has 5 rings (SSSR count). The summed E-state index contributed by atoms with van der Waals surface area (Å²) < 4.78 is 4.34. The van der Waals surface area contributed by atoms with Gasteiger partial charge in [0, 0.05) is 43.3 Å². The van der Waals surface area contributed by atoms with Crippen LogP contribution in [0.1, 0.15) is 34.1 Å². The van der Waals surface area contributed by atoms with Gasteiger partial charge >= 0.3 is 0 Å². The van der Waals surface area contributed by atoms with Gasteiger partial charge in [0.25, 0.3) is 0 Å².